The molecule has 3 heterocycles. The summed E-state index contributed by atoms with van der Waals surface area (Å²) in [5, 5.41) is 6.24. The molecule has 0 radical (unpaired) electrons. The monoisotopic (exact) mass is 333 g/mol. The van der Waals surface area contributed by atoms with Gasteiger partial charge < -0.3 is 15.0 Å². The highest BCUT2D eigenvalue weighted by molar-refractivity contribution is 7.17. The van der Waals surface area contributed by atoms with Gasteiger partial charge in [-0.15, -0.1) is 11.3 Å². The molecule has 0 saturated carbocycles. The van der Waals surface area contributed by atoms with Crippen LogP contribution in [0.1, 0.15) is 40.0 Å². The SMILES string of the molecule is CC(C)(C)OC(=O)NC1CCCCN1c1nccc2sccc12. The van der Waals surface area contributed by atoms with E-state index in [9.17, 15) is 4.79 Å². The number of hydrogen-bond donors (Lipinski definition) is 1. The van der Waals surface area contributed by atoms with Gasteiger partial charge in [-0.05, 0) is 57.5 Å². The number of alkyl carbamates (subject to hydrolysis) is 1. The Labute approximate surface area is 140 Å². The van der Waals surface area contributed by atoms with Crippen LogP contribution < -0.4 is 10.2 Å². The van der Waals surface area contributed by atoms with Crippen LogP contribution in [0.15, 0.2) is 23.7 Å². The molecule has 1 fully saturated rings. The van der Waals surface area contributed by atoms with Gasteiger partial charge in [-0.25, -0.2) is 9.78 Å². The van der Waals surface area contributed by atoms with Crippen molar-refractivity contribution in [3.63, 3.8) is 0 Å². The van der Waals surface area contributed by atoms with E-state index < -0.39 is 5.60 Å². The Balaban J connectivity index is 1.82. The molecule has 1 aliphatic heterocycles. The van der Waals surface area contributed by atoms with E-state index in [2.05, 4.69) is 26.6 Å². The van der Waals surface area contributed by atoms with E-state index in [1.807, 2.05) is 33.0 Å². The standard InChI is InChI=1S/C17H23N3O2S/c1-17(2,3)22-16(21)19-14-6-4-5-10-20(14)15-12-8-11-23-13(12)7-9-18-15/h7-9,11,14H,4-6,10H2,1-3H3,(H,19,21). The Bertz CT molecular complexity index is 692. The van der Waals surface area contributed by atoms with E-state index in [1.54, 1.807) is 11.3 Å². The summed E-state index contributed by atoms with van der Waals surface area (Å²) in [6.45, 7) is 6.51. The Morgan fingerprint density at radius 1 is 1.39 bits per heavy atom. The van der Waals surface area contributed by atoms with Crippen LogP contribution >= 0.6 is 11.3 Å². The van der Waals surface area contributed by atoms with Crippen LogP contribution in [-0.2, 0) is 4.74 Å². The number of hydrogen-bond acceptors (Lipinski definition) is 5. The molecule has 5 nitrogen and oxygen atoms in total. The number of aromatic nitrogens is 1. The number of pyridine rings is 1. The molecule has 0 aromatic carbocycles. The summed E-state index contributed by atoms with van der Waals surface area (Å²) in [6.07, 6.45) is 4.50. The van der Waals surface area contributed by atoms with Crippen molar-refractivity contribution < 1.29 is 9.53 Å². The van der Waals surface area contributed by atoms with Crippen molar-refractivity contribution in [2.75, 3.05) is 11.4 Å². The molecule has 1 saturated heterocycles. The lowest BCUT2D eigenvalue weighted by molar-refractivity contribution is 0.0496. The molecule has 3 rings (SSSR count). The zero-order valence-corrected chi connectivity index (χ0v) is 14.7. The summed E-state index contributed by atoms with van der Waals surface area (Å²) in [6, 6.07) is 4.13. The summed E-state index contributed by atoms with van der Waals surface area (Å²) in [5.74, 6) is 0.949. The van der Waals surface area contributed by atoms with Gasteiger partial charge in [-0.3, -0.25) is 0 Å². The summed E-state index contributed by atoms with van der Waals surface area (Å²) in [4.78, 5) is 18.9. The normalized spacial score (nSPS) is 18.9. The molecule has 1 N–H and O–H groups in total. The van der Waals surface area contributed by atoms with Crippen molar-refractivity contribution >= 4 is 33.3 Å². The van der Waals surface area contributed by atoms with Crippen molar-refractivity contribution in [3.8, 4) is 0 Å². The van der Waals surface area contributed by atoms with Crippen molar-refractivity contribution in [2.45, 2.75) is 51.8 Å². The van der Waals surface area contributed by atoms with Gasteiger partial charge in [0.2, 0.25) is 0 Å². The number of rotatable bonds is 2. The topological polar surface area (TPSA) is 54.5 Å². The molecule has 1 unspecified atom stereocenters. The van der Waals surface area contributed by atoms with Crippen LogP contribution in [0, 0.1) is 0 Å². The molecule has 124 valence electrons. The average molecular weight is 333 g/mol. The molecule has 0 bridgehead atoms. The Hall–Kier alpha value is -1.82. The maximum atomic E-state index is 12.1. The molecule has 2 aromatic heterocycles. The second-order valence-corrected chi connectivity index (χ2v) is 7.77. The molecule has 0 aliphatic carbocycles. The Morgan fingerprint density at radius 3 is 3.00 bits per heavy atom. The van der Waals surface area contributed by atoms with E-state index in [0.717, 1.165) is 37.0 Å². The number of anilines is 1. The minimum absolute atomic E-state index is 0.0726. The molecule has 0 spiro atoms. The third-order valence-electron chi connectivity index (χ3n) is 3.82. The third kappa shape index (κ3) is 3.75. The first-order chi connectivity index (χ1) is 10.9. The minimum atomic E-state index is -0.491. The van der Waals surface area contributed by atoms with E-state index in [-0.39, 0.29) is 12.3 Å². The lowest BCUT2D eigenvalue weighted by Crippen LogP contribution is -2.52. The number of ether oxygens (including phenoxy) is 1. The number of nitrogens with zero attached hydrogens (tertiary/aromatic N) is 2. The van der Waals surface area contributed by atoms with Gasteiger partial charge in [0.05, 0.1) is 0 Å². The predicted octanol–water partition coefficient (Wildman–Crippen LogP) is 4.14. The number of amides is 1. The highest BCUT2D eigenvalue weighted by Crippen LogP contribution is 2.31. The summed E-state index contributed by atoms with van der Waals surface area (Å²) in [5.41, 5.74) is -0.491. The van der Waals surface area contributed by atoms with E-state index in [0.29, 0.717) is 0 Å². The summed E-state index contributed by atoms with van der Waals surface area (Å²) >= 11 is 1.71. The second kappa shape index (κ2) is 6.35. The molecular formula is C17H23N3O2S. The number of thiophene rings is 1. The van der Waals surface area contributed by atoms with Crippen LogP contribution in [0.5, 0.6) is 0 Å². The molecule has 1 aliphatic rings. The van der Waals surface area contributed by atoms with E-state index in [1.165, 1.54) is 4.70 Å². The molecule has 1 atom stereocenters. The average Bonchev–Trinajstić information content (AvgIpc) is 2.94. The Morgan fingerprint density at radius 2 is 2.22 bits per heavy atom. The predicted molar refractivity (Wildman–Crippen MR) is 94.0 cm³/mol. The van der Waals surface area contributed by atoms with Gasteiger partial charge in [0.15, 0.2) is 0 Å². The fourth-order valence-electron chi connectivity index (χ4n) is 2.89. The van der Waals surface area contributed by atoms with Crippen LogP contribution in [0.4, 0.5) is 10.6 Å². The second-order valence-electron chi connectivity index (χ2n) is 6.82. The number of fused-ring (bicyclic) bond motifs is 1. The minimum Gasteiger partial charge on any atom is -0.444 e. The van der Waals surface area contributed by atoms with Gasteiger partial charge in [-0.1, -0.05) is 0 Å². The third-order valence-corrected chi connectivity index (χ3v) is 4.70. The van der Waals surface area contributed by atoms with Crippen molar-refractivity contribution in [3.05, 3.63) is 23.7 Å². The highest BCUT2D eigenvalue weighted by Gasteiger charge is 2.28. The molecule has 23 heavy (non-hydrogen) atoms. The van der Waals surface area contributed by atoms with Gasteiger partial charge >= 0.3 is 6.09 Å². The van der Waals surface area contributed by atoms with Gasteiger partial charge in [0.1, 0.15) is 17.6 Å². The van der Waals surface area contributed by atoms with E-state index >= 15 is 0 Å². The highest BCUT2D eigenvalue weighted by atomic mass is 32.1. The first kappa shape index (κ1) is 16.1. The van der Waals surface area contributed by atoms with Crippen molar-refractivity contribution in [1.29, 1.82) is 0 Å². The fraction of sp³-hybridized carbons (Fsp3) is 0.529. The Kier molecular flexibility index (Phi) is 4.43. The zero-order chi connectivity index (χ0) is 16.4. The maximum absolute atomic E-state index is 12.1. The zero-order valence-electron chi connectivity index (χ0n) is 13.8. The quantitative estimate of drug-likeness (QED) is 0.897. The van der Waals surface area contributed by atoms with Crippen LogP contribution in [0.2, 0.25) is 0 Å². The molecule has 2 aromatic rings. The van der Waals surface area contributed by atoms with Gasteiger partial charge in [0, 0.05) is 22.8 Å². The number of carbonyl (C=O) groups excluding carboxylic acids is 1. The molecule has 1 amide bonds. The summed E-state index contributed by atoms with van der Waals surface area (Å²) < 4.78 is 6.62. The van der Waals surface area contributed by atoms with Crippen molar-refractivity contribution in [2.24, 2.45) is 0 Å². The maximum Gasteiger partial charge on any atom is 0.409 e. The lowest BCUT2D eigenvalue weighted by Gasteiger charge is -2.37. The van der Waals surface area contributed by atoms with Crippen molar-refractivity contribution in [1.82, 2.24) is 10.3 Å². The number of carbonyl (C=O) groups is 1. The summed E-state index contributed by atoms with van der Waals surface area (Å²) in [7, 11) is 0. The van der Waals surface area contributed by atoms with Crippen LogP contribution in [0.25, 0.3) is 10.1 Å². The first-order valence-electron chi connectivity index (χ1n) is 8.02. The van der Waals surface area contributed by atoms with Crippen LogP contribution in [0.3, 0.4) is 0 Å². The smallest absolute Gasteiger partial charge is 0.409 e. The first-order valence-corrected chi connectivity index (χ1v) is 8.90. The number of nitrogens with one attached hydrogen (secondary N) is 1. The molecular weight excluding hydrogens is 310 g/mol. The van der Waals surface area contributed by atoms with Gasteiger partial charge in [0.25, 0.3) is 0 Å². The lowest BCUT2D eigenvalue weighted by atomic mass is 10.1. The van der Waals surface area contributed by atoms with Gasteiger partial charge in [-0.2, -0.15) is 0 Å². The fourth-order valence-corrected chi connectivity index (χ4v) is 3.66. The molecule has 6 heteroatoms. The van der Waals surface area contributed by atoms with E-state index in [4.69, 9.17) is 4.74 Å². The largest absolute Gasteiger partial charge is 0.444 e. The number of piperidine rings is 1. The van der Waals surface area contributed by atoms with Crippen LogP contribution in [-0.4, -0.2) is 29.4 Å².